The van der Waals surface area contributed by atoms with Crippen LogP contribution in [0.4, 0.5) is 0 Å². The lowest BCUT2D eigenvalue weighted by Gasteiger charge is -2.34. The summed E-state index contributed by atoms with van der Waals surface area (Å²) in [7, 11) is 0. The van der Waals surface area contributed by atoms with Crippen LogP contribution >= 0.6 is 0 Å². The van der Waals surface area contributed by atoms with Gasteiger partial charge in [-0.1, -0.05) is 0 Å². The summed E-state index contributed by atoms with van der Waals surface area (Å²) < 4.78 is 5.00. The number of hydrogen-bond acceptors (Lipinski definition) is 4. The molecule has 1 saturated heterocycles. The maximum Gasteiger partial charge on any atom is 0.417 e. The van der Waals surface area contributed by atoms with Gasteiger partial charge in [-0.3, -0.25) is 14.6 Å². The molecule has 0 aliphatic carbocycles. The maximum atomic E-state index is 12.6. The molecule has 1 fully saturated rings. The molecule has 1 aromatic carbocycles. The van der Waals surface area contributed by atoms with E-state index in [4.69, 9.17) is 4.42 Å². The van der Waals surface area contributed by atoms with Gasteiger partial charge >= 0.3 is 5.76 Å². The Hall–Kier alpha value is -3.29. The summed E-state index contributed by atoms with van der Waals surface area (Å²) in [5.74, 6) is -0.749. The van der Waals surface area contributed by atoms with Crippen LogP contribution in [0.2, 0.25) is 0 Å². The predicted molar refractivity (Wildman–Crippen MR) is 89.4 cm³/mol. The summed E-state index contributed by atoms with van der Waals surface area (Å²) in [6, 6.07) is 8.39. The van der Waals surface area contributed by atoms with Crippen molar-refractivity contribution in [3.8, 4) is 0 Å². The van der Waals surface area contributed by atoms with Crippen molar-refractivity contribution in [1.29, 1.82) is 0 Å². The zero-order valence-electron chi connectivity index (χ0n) is 13.3. The van der Waals surface area contributed by atoms with Crippen LogP contribution in [0.1, 0.15) is 20.8 Å². The number of fused-ring (bicyclic) bond motifs is 1. The molecule has 8 heteroatoms. The third-order valence-electron chi connectivity index (χ3n) is 4.35. The minimum Gasteiger partial charge on any atom is -0.408 e. The summed E-state index contributed by atoms with van der Waals surface area (Å²) in [5, 5.41) is 0. The molecule has 3 aromatic rings. The van der Waals surface area contributed by atoms with Crippen LogP contribution in [-0.4, -0.2) is 57.8 Å². The number of H-pyrrole nitrogens is 2. The molecule has 0 atom stereocenters. The largest absolute Gasteiger partial charge is 0.417 e. The summed E-state index contributed by atoms with van der Waals surface area (Å²) in [6.07, 6.45) is 1.71. The van der Waals surface area contributed by atoms with E-state index >= 15 is 0 Å². The van der Waals surface area contributed by atoms with Gasteiger partial charge in [-0.2, -0.15) is 0 Å². The molecule has 25 heavy (non-hydrogen) atoms. The second-order valence-corrected chi connectivity index (χ2v) is 5.89. The fourth-order valence-corrected chi connectivity index (χ4v) is 3.01. The van der Waals surface area contributed by atoms with E-state index in [1.54, 1.807) is 46.3 Å². The Morgan fingerprint density at radius 3 is 2.40 bits per heavy atom. The lowest BCUT2D eigenvalue weighted by molar-refractivity contribution is 0.0533. The van der Waals surface area contributed by atoms with E-state index in [0.29, 0.717) is 48.5 Å². The SMILES string of the molecule is O=C(c1ccc2[nH]c(=O)oc2c1)N1CCN(C(=O)c2ccc[nH]2)CC1. The average Bonchev–Trinajstić information content (AvgIpc) is 3.28. The Labute approximate surface area is 142 Å². The molecule has 2 amide bonds. The zero-order chi connectivity index (χ0) is 17.4. The Kier molecular flexibility index (Phi) is 3.64. The van der Waals surface area contributed by atoms with Gasteiger partial charge < -0.3 is 19.2 Å². The summed E-state index contributed by atoms with van der Waals surface area (Å²) in [4.78, 5) is 45.0. The molecule has 0 radical (unpaired) electrons. The quantitative estimate of drug-likeness (QED) is 0.728. The summed E-state index contributed by atoms with van der Waals surface area (Å²) in [6.45, 7) is 1.87. The fourth-order valence-electron chi connectivity index (χ4n) is 3.01. The number of aromatic amines is 2. The van der Waals surface area contributed by atoms with E-state index < -0.39 is 5.76 Å². The highest BCUT2D eigenvalue weighted by Crippen LogP contribution is 2.16. The Bertz CT molecular complexity index is 978. The van der Waals surface area contributed by atoms with Gasteiger partial charge in [-0.25, -0.2) is 4.79 Å². The van der Waals surface area contributed by atoms with E-state index in [1.807, 2.05) is 0 Å². The number of carbonyl (C=O) groups is 2. The second-order valence-electron chi connectivity index (χ2n) is 5.89. The minimum absolute atomic E-state index is 0.0624. The average molecular weight is 340 g/mol. The molecule has 2 aromatic heterocycles. The Morgan fingerprint density at radius 2 is 1.72 bits per heavy atom. The smallest absolute Gasteiger partial charge is 0.408 e. The number of hydrogen-bond donors (Lipinski definition) is 2. The normalized spacial score (nSPS) is 14.9. The molecule has 0 unspecified atom stereocenters. The van der Waals surface area contributed by atoms with E-state index in [0.717, 1.165) is 0 Å². The van der Waals surface area contributed by atoms with Gasteiger partial charge in [0.05, 0.1) is 5.52 Å². The van der Waals surface area contributed by atoms with Crippen LogP contribution in [0.25, 0.3) is 11.1 Å². The number of benzene rings is 1. The van der Waals surface area contributed by atoms with E-state index in [2.05, 4.69) is 9.97 Å². The van der Waals surface area contributed by atoms with E-state index in [-0.39, 0.29) is 11.8 Å². The molecule has 1 aliphatic rings. The monoisotopic (exact) mass is 340 g/mol. The van der Waals surface area contributed by atoms with Crippen LogP contribution in [0.3, 0.4) is 0 Å². The lowest BCUT2D eigenvalue weighted by Crippen LogP contribution is -2.50. The molecule has 4 rings (SSSR count). The van der Waals surface area contributed by atoms with Crippen molar-refractivity contribution in [2.75, 3.05) is 26.2 Å². The number of piperazine rings is 1. The highest BCUT2D eigenvalue weighted by atomic mass is 16.4. The van der Waals surface area contributed by atoms with Crippen LogP contribution < -0.4 is 5.76 Å². The van der Waals surface area contributed by atoms with E-state index in [1.165, 1.54) is 0 Å². The highest BCUT2D eigenvalue weighted by Gasteiger charge is 2.26. The highest BCUT2D eigenvalue weighted by molar-refractivity contribution is 5.97. The van der Waals surface area contributed by atoms with Gasteiger partial charge in [0.2, 0.25) is 0 Å². The van der Waals surface area contributed by atoms with Crippen LogP contribution in [-0.2, 0) is 0 Å². The van der Waals surface area contributed by atoms with Crippen molar-refractivity contribution in [2.24, 2.45) is 0 Å². The number of nitrogens with one attached hydrogen (secondary N) is 2. The molecule has 0 saturated carbocycles. The van der Waals surface area contributed by atoms with Gasteiger partial charge in [0.25, 0.3) is 11.8 Å². The summed E-state index contributed by atoms with van der Waals surface area (Å²) >= 11 is 0. The zero-order valence-corrected chi connectivity index (χ0v) is 13.3. The standard InChI is InChI=1S/C17H16N4O4/c22-15(11-3-4-12-14(10-11)25-17(24)19-12)20-6-8-21(9-7-20)16(23)13-2-1-5-18-13/h1-5,10,18H,6-9H2,(H,19,24). The third kappa shape index (κ3) is 2.82. The van der Waals surface area contributed by atoms with Crippen molar-refractivity contribution < 1.29 is 14.0 Å². The number of amides is 2. The number of oxazole rings is 1. The topological polar surface area (TPSA) is 102 Å². The van der Waals surface area contributed by atoms with Crippen molar-refractivity contribution >= 4 is 22.9 Å². The van der Waals surface area contributed by atoms with Crippen molar-refractivity contribution in [3.63, 3.8) is 0 Å². The van der Waals surface area contributed by atoms with Gasteiger partial charge in [-0.05, 0) is 30.3 Å². The number of nitrogens with zero attached hydrogens (tertiary/aromatic N) is 2. The van der Waals surface area contributed by atoms with Crippen molar-refractivity contribution in [2.45, 2.75) is 0 Å². The Balaban J connectivity index is 1.45. The molecule has 0 bridgehead atoms. The molecular weight excluding hydrogens is 324 g/mol. The predicted octanol–water partition coefficient (Wildman–Crippen LogP) is 1.05. The van der Waals surface area contributed by atoms with Gasteiger partial charge in [0, 0.05) is 37.9 Å². The number of carbonyl (C=O) groups excluding carboxylic acids is 2. The minimum atomic E-state index is -0.545. The fraction of sp³-hybridized carbons (Fsp3) is 0.235. The lowest BCUT2D eigenvalue weighted by atomic mass is 10.1. The molecule has 8 nitrogen and oxygen atoms in total. The molecule has 2 N–H and O–H groups in total. The molecule has 128 valence electrons. The van der Waals surface area contributed by atoms with Gasteiger partial charge in [-0.15, -0.1) is 0 Å². The van der Waals surface area contributed by atoms with Crippen LogP contribution in [0.5, 0.6) is 0 Å². The number of aromatic nitrogens is 2. The first kappa shape index (κ1) is 15.3. The van der Waals surface area contributed by atoms with Crippen LogP contribution in [0.15, 0.2) is 45.7 Å². The van der Waals surface area contributed by atoms with Crippen LogP contribution in [0, 0.1) is 0 Å². The Morgan fingerprint density at radius 1 is 1.00 bits per heavy atom. The molecule has 0 spiro atoms. The summed E-state index contributed by atoms with van der Waals surface area (Å²) in [5.41, 5.74) is 1.92. The molecular formula is C17H16N4O4. The number of rotatable bonds is 2. The first-order valence-electron chi connectivity index (χ1n) is 7.96. The first-order chi connectivity index (χ1) is 12.1. The molecule has 3 heterocycles. The van der Waals surface area contributed by atoms with E-state index in [9.17, 15) is 14.4 Å². The van der Waals surface area contributed by atoms with Gasteiger partial charge in [0.15, 0.2) is 5.58 Å². The first-order valence-corrected chi connectivity index (χ1v) is 7.96. The second kappa shape index (κ2) is 5.97. The van der Waals surface area contributed by atoms with Crippen molar-refractivity contribution in [1.82, 2.24) is 19.8 Å². The maximum absolute atomic E-state index is 12.6. The molecule has 1 aliphatic heterocycles. The van der Waals surface area contributed by atoms with Crippen molar-refractivity contribution in [3.05, 3.63) is 58.3 Å². The third-order valence-corrected chi connectivity index (χ3v) is 4.35. The van der Waals surface area contributed by atoms with Gasteiger partial charge in [0.1, 0.15) is 5.69 Å².